The third-order valence-corrected chi connectivity index (χ3v) is 2.63. The fourth-order valence-corrected chi connectivity index (χ4v) is 1.58. The zero-order valence-electron chi connectivity index (χ0n) is 11.0. The molecule has 0 aliphatic heterocycles. The molecule has 0 fully saturated rings. The van der Waals surface area contributed by atoms with Gasteiger partial charge in [0.25, 0.3) is 5.91 Å². The van der Waals surface area contributed by atoms with Gasteiger partial charge in [-0.25, -0.2) is 0 Å². The van der Waals surface area contributed by atoms with Gasteiger partial charge in [-0.3, -0.25) is 4.79 Å². The van der Waals surface area contributed by atoms with Crippen LogP contribution in [-0.4, -0.2) is 47.7 Å². The molecular weight excluding hydrogens is 232 g/mol. The molecule has 0 bridgehead atoms. The molecule has 1 amide bonds. The molecule has 0 aliphatic rings. The van der Waals surface area contributed by atoms with Gasteiger partial charge in [-0.1, -0.05) is 6.07 Å². The summed E-state index contributed by atoms with van der Waals surface area (Å²) in [7, 11) is 3.92. The van der Waals surface area contributed by atoms with Crippen molar-refractivity contribution in [3.8, 4) is 11.5 Å². The molecule has 0 heterocycles. The largest absolute Gasteiger partial charge is 0.507 e. The highest BCUT2D eigenvalue weighted by Crippen LogP contribution is 2.25. The van der Waals surface area contributed by atoms with E-state index in [4.69, 9.17) is 0 Å². The number of nitrogens with zero attached hydrogens (tertiary/aromatic N) is 1. The fraction of sp³-hybridized carbons (Fsp3) is 0.462. The zero-order valence-corrected chi connectivity index (χ0v) is 11.0. The summed E-state index contributed by atoms with van der Waals surface area (Å²) in [6, 6.07) is 4.20. The lowest BCUT2D eigenvalue weighted by Gasteiger charge is -2.17. The number of aromatic hydroxyl groups is 2. The Morgan fingerprint density at radius 2 is 1.89 bits per heavy atom. The molecular formula is C13H20N2O3. The number of hydrogen-bond donors (Lipinski definition) is 3. The third kappa shape index (κ3) is 3.92. The van der Waals surface area contributed by atoms with E-state index in [1.54, 1.807) is 0 Å². The first-order chi connectivity index (χ1) is 8.41. The van der Waals surface area contributed by atoms with Crippen molar-refractivity contribution in [2.24, 2.45) is 0 Å². The van der Waals surface area contributed by atoms with Crippen LogP contribution in [0.3, 0.4) is 0 Å². The van der Waals surface area contributed by atoms with E-state index in [2.05, 4.69) is 5.32 Å². The van der Waals surface area contributed by atoms with Crippen molar-refractivity contribution in [3.63, 3.8) is 0 Å². The van der Waals surface area contributed by atoms with Gasteiger partial charge < -0.3 is 20.4 Å². The maximum absolute atomic E-state index is 11.9. The molecule has 100 valence electrons. The SMILES string of the molecule is CC(CCN(C)C)NC(=O)c1c(O)cccc1O. The van der Waals surface area contributed by atoms with Crippen LogP contribution < -0.4 is 5.32 Å². The van der Waals surface area contributed by atoms with Gasteiger partial charge in [0, 0.05) is 6.04 Å². The van der Waals surface area contributed by atoms with Crippen LogP contribution in [-0.2, 0) is 0 Å². The molecule has 1 unspecified atom stereocenters. The molecule has 1 aromatic carbocycles. The average Bonchev–Trinajstić information content (AvgIpc) is 2.26. The first-order valence-electron chi connectivity index (χ1n) is 5.88. The van der Waals surface area contributed by atoms with E-state index in [0.717, 1.165) is 13.0 Å². The molecule has 0 spiro atoms. The van der Waals surface area contributed by atoms with Crippen LogP contribution >= 0.6 is 0 Å². The lowest BCUT2D eigenvalue weighted by molar-refractivity contribution is 0.0931. The summed E-state index contributed by atoms with van der Waals surface area (Å²) in [6.07, 6.45) is 0.799. The van der Waals surface area contributed by atoms with Crippen molar-refractivity contribution in [2.75, 3.05) is 20.6 Å². The van der Waals surface area contributed by atoms with Gasteiger partial charge in [0.15, 0.2) is 0 Å². The summed E-state index contributed by atoms with van der Waals surface area (Å²) in [4.78, 5) is 13.9. The Kier molecular flexibility index (Phi) is 4.97. The second-order valence-corrected chi connectivity index (χ2v) is 4.64. The average molecular weight is 252 g/mol. The van der Waals surface area contributed by atoms with E-state index < -0.39 is 5.91 Å². The number of carbonyl (C=O) groups excluding carboxylic acids is 1. The van der Waals surface area contributed by atoms with Crippen molar-refractivity contribution in [1.82, 2.24) is 10.2 Å². The molecule has 1 aromatic rings. The first-order valence-corrected chi connectivity index (χ1v) is 5.88. The minimum Gasteiger partial charge on any atom is -0.507 e. The Bertz CT molecular complexity index is 398. The molecule has 3 N–H and O–H groups in total. The first kappa shape index (κ1) is 14.3. The van der Waals surface area contributed by atoms with Crippen molar-refractivity contribution >= 4 is 5.91 Å². The number of benzene rings is 1. The molecule has 5 heteroatoms. The normalized spacial score (nSPS) is 12.4. The van der Waals surface area contributed by atoms with Crippen LogP contribution in [0.5, 0.6) is 11.5 Å². The molecule has 18 heavy (non-hydrogen) atoms. The lowest BCUT2D eigenvalue weighted by atomic mass is 10.1. The second kappa shape index (κ2) is 6.26. The second-order valence-electron chi connectivity index (χ2n) is 4.64. The monoisotopic (exact) mass is 252 g/mol. The Morgan fingerprint density at radius 3 is 2.39 bits per heavy atom. The molecule has 0 saturated heterocycles. The summed E-state index contributed by atoms with van der Waals surface area (Å²) in [5.41, 5.74) is -0.0748. The number of carbonyl (C=O) groups is 1. The number of phenols is 2. The van der Waals surface area contributed by atoms with Crippen LogP contribution in [0, 0.1) is 0 Å². The Labute approximate surface area is 107 Å². The molecule has 0 saturated carbocycles. The molecule has 0 radical (unpaired) electrons. The summed E-state index contributed by atoms with van der Waals surface area (Å²) in [6.45, 7) is 2.74. The fourth-order valence-electron chi connectivity index (χ4n) is 1.58. The summed E-state index contributed by atoms with van der Waals surface area (Å²) in [5.74, 6) is -0.892. The van der Waals surface area contributed by atoms with E-state index in [0.29, 0.717) is 0 Å². The van der Waals surface area contributed by atoms with Gasteiger partial charge in [0.1, 0.15) is 17.1 Å². The van der Waals surface area contributed by atoms with Crippen LogP contribution in [0.1, 0.15) is 23.7 Å². The van der Waals surface area contributed by atoms with Crippen molar-refractivity contribution < 1.29 is 15.0 Å². The van der Waals surface area contributed by atoms with Gasteiger partial charge in [0.05, 0.1) is 0 Å². The third-order valence-electron chi connectivity index (χ3n) is 2.63. The number of nitrogens with one attached hydrogen (secondary N) is 1. The van der Waals surface area contributed by atoms with Gasteiger partial charge in [-0.15, -0.1) is 0 Å². The predicted molar refractivity (Wildman–Crippen MR) is 69.9 cm³/mol. The highest BCUT2D eigenvalue weighted by atomic mass is 16.3. The van der Waals surface area contributed by atoms with E-state index >= 15 is 0 Å². The van der Waals surface area contributed by atoms with Crippen molar-refractivity contribution in [3.05, 3.63) is 23.8 Å². The topological polar surface area (TPSA) is 72.8 Å². The number of phenolic OH excluding ortho intramolecular Hbond substituents is 2. The highest BCUT2D eigenvalue weighted by Gasteiger charge is 2.17. The van der Waals surface area contributed by atoms with Crippen LogP contribution in [0.4, 0.5) is 0 Å². The predicted octanol–water partition coefficient (Wildman–Crippen LogP) is 1.17. The minimum atomic E-state index is -0.461. The molecule has 0 aromatic heterocycles. The van der Waals surface area contributed by atoms with Crippen LogP contribution in [0.2, 0.25) is 0 Å². The molecule has 1 rings (SSSR count). The van der Waals surface area contributed by atoms with Crippen LogP contribution in [0.25, 0.3) is 0 Å². The van der Waals surface area contributed by atoms with E-state index in [-0.39, 0.29) is 23.1 Å². The van der Waals surface area contributed by atoms with E-state index in [1.807, 2.05) is 25.9 Å². The standard InChI is InChI=1S/C13H20N2O3/c1-9(7-8-15(2)3)14-13(18)12-10(16)5-4-6-11(12)17/h4-6,9,16-17H,7-8H2,1-3H3,(H,14,18). The maximum Gasteiger partial charge on any atom is 0.259 e. The van der Waals surface area contributed by atoms with E-state index in [9.17, 15) is 15.0 Å². The van der Waals surface area contributed by atoms with Gasteiger partial charge in [-0.05, 0) is 46.1 Å². The molecule has 1 atom stereocenters. The number of hydrogen-bond acceptors (Lipinski definition) is 4. The highest BCUT2D eigenvalue weighted by molar-refractivity contribution is 5.99. The Balaban J connectivity index is 2.65. The van der Waals surface area contributed by atoms with E-state index in [1.165, 1.54) is 18.2 Å². The number of amides is 1. The van der Waals surface area contributed by atoms with Gasteiger partial charge >= 0.3 is 0 Å². The zero-order chi connectivity index (χ0) is 13.7. The van der Waals surface area contributed by atoms with Crippen LogP contribution in [0.15, 0.2) is 18.2 Å². The van der Waals surface area contributed by atoms with Gasteiger partial charge in [-0.2, -0.15) is 0 Å². The summed E-state index contributed by atoms with van der Waals surface area (Å²) in [5, 5.41) is 21.9. The Morgan fingerprint density at radius 1 is 1.33 bits per heavy atom. The lowest BCUT2D eigenvalue weighted by Crippen LogP contribution is -2.34. The minimum absolute atomic E-state index is 0.0288. The quantitative estimate of drug-likeness (QED) is 0.735. The van der Waals surface area contributed by atoms with Crippen molar-refractivity contribution in [1.29, 1.82) is 0 Å². The summed E-state index contributed by atoms with van der Waals surface area (Å²) >= 11 is 0. The Hall–Kier alpha value is -1.75. The number of rotatable bonds is 5. The van der Waals surface area contributed by atoms with Gasteiger partial charge in [0.2, 0.25) is 0 Å². The van der Waals surface area contributed by atoms with Crippen molar-refractivity contribution in [2.45, 2.75) is 19.4 Å². The molecule has 0 aliphatic carbocycles. The molecule has 5 nitrogen and oxygen atoms in total. The summed E-state index contributed by atoms with van der Waals surface area (Å²) < 4.78 is 0. The smallest absolute Gasteiger partial charge is 0.259 e. The maximum atomic E-state index is 11.9.